The van der Waals surface area contributed by atoms with Crippen LogP contribution in [-0.2, 0) is 11.8 Å². The summed E-state index contributed by atoms with van der Waals surface area (Å²) in [5.74, 6) is -0.800. The van der Waals surface area contributed by atoms with E-state index in [1.54, 1.807) is 15.6 Å². The fourth-order valence-corrected chi connectivity index (χ4v) is 5.78. The van der Waals surface area contributed by atoms with Crippen LogP contribution in [0.2, 0.25) is 5.02 Å². The van der Waals surface area contributed by atoms with E-state index in [9.17, 15) is 14.3 Å². The van der Waals surface area contributed by atoms with Crippen LogP contribution >= 0.6 is 11.6 Å². The number of carbonyl (C=O) groups is 1. The fraction of sp³-hybridized carbons (Fsp3) is 0.469. The molecule has 1 aliphatic rings. The van der Waals surface area contributed by atoms with E-state index >= 15 is 0 Å². The number of aromatic nitrogens is 6. The zero-order chi connectivity index (χ0) is 31.1. The van der Waals surface area contributed by atoms with Gasteiger partial charge in [0.2, 0.25) is 0 Å². The van der Waals surface area contributed by atoms with Gasteiger partial charge in [0.25, 0.3) is 5.91 Å². The van der Waals surface area contributed by atoms with Crippen LogP contribution in [0.15, 0.2) is 48.7 Å². The van der Waals surface area contributed by atoms with Gasteiger partial charge in [0.15, 0.2) is 5.69 Å². The van der Waals surface area contributed by atoms with Crippen molar-refractivity contribution in [3.05, 3.63) is 87.7 Å². The topological polar surface area (TPSA) is 102 Å². The van der Waals surface area contributed by atoms with Gasteiger partial charge in [0.05, 0.1) is 23.6 Å². The van der Waals surface area contributed by atoms with Gasteiger partial charge in [-0.25, -0.2) is 13.8 Å². The average molecular weight is 608 g/mol. The SMILES string of the molecule is CCCc1c(C(=O)N2CC(n3cc(C(O)c4ccc(Cl)cc4F)nn3)CCC2(C)C)nnn1-c1ccc(C(C)(C)C)cc1. The van der Waals surface area contributed by atoms with Crippen molar-refractivity contribution >= 4 is 17.5 Å². The Kier molecular flexibility index (Phi) is 8.46. The summed E-state index contributed by atoms with van der Waals surface area (Å²) in [6.07, 6.45) is 3.27. The lowest BCUT2D eigenvalue weighted by Crippen LogP contribution is -2.53. The minimum atomic E-state index is -1.30. The molecule has 43 heavy (non-hydrogen) atoms. The number of amides is 1. The zero-order valence-electron chi connectivity index (χ0n) is 25.6. The number of rotatable bonds is 7. The maximum Gasteiger partial charge on any atom is 0.276 e. The summed E-state index contributed by atoms with van der Waals surface area (Å²) in [4.78, 5) is 16.0. The van der Waals surface area contributed by atoms with Gasteiger partial charge in [0, 0.05) is 22.7 Å². The van der Waals surface area contributed by atoms with E-state index in [1.165, 1.54) is 17.7 Å². The highest BCUT2D eigenvalue weighted by Gasteiger charge is 2.40. The third kappa shape index (κ3) is 6.21. The highest BCUT2D eigenvalue weighted by Crippen LogP contribution is 2.35. The first kappa shape index (κ1) is 30.8. The summed E-state index contributed by atoms with van der Waals surface area (Å²) in [7, 11) is 0. The van der Waals surface area contributed by atoms with Crippen molar-refractivity contribution in [1.29, 1.82) is 0 Å². The van der Waals surface area contributed by atoms with Gasteiger partial charge in [-0.2, -0.15) is 0 Å². The molecule has 4 aromatic rings. The Balaban J connectivity index is 1.40. The lowest BCUT2D eigenvalue weighted by Gasteiger charge is -2.45. The summed E-state index contributed by atoms with van der Waals surface area (Å²) in [5, 5.41) is 28.3. The molecule has 0 bridgehead atoms. The molecule has 0 spiro atoms. The van der Waals surface area contributed by atoms with Crippen molar-refractivity contribution in [3.8, 4) is 5.69 Å². The predicted octanol–water partition coefficient (Wildman–Crippen LogP) is 6.24. The van der Waals surface area contributed by atoms with Crippen LogP contribution in [0.1, 0.15) is 106 Å². The van der Waals surface area contributed by atoms with Gasteiger partial charge >= 0.3 is 0 Å². The van der Waals surface area contributed by atoms with Crippen molar-refractivity contribution in [2.24, 2.45) is 0 Å². The summed E-state index contributed by atoms with van der Waals surface area (Å²) in [6.45, 7) is 13.1. The summed E-state index contributed by atoms with van der Waals surface area (Å²) < 4.78 is 17.9. The Morgan fingerprint density at radius 1 is 1.14 bits per heavy atom. The zero-order valence-corrected chi connectivity index (χ0v) is 26.3. The number of aliphatic hydroxyl groups excluding tert-OH is 1. The number of hydrogen-bond donors (Lipinski definition) is 1. The monoisotopic (exact) mass is 607 g/mol. The van der Waals surface area contributed by atoms with Crippen molar-refractivity contribution in [2.45, 2.75) is 90.3 Å². The van der Waals surface area contributed by atoms with Crippen LogP contribution in [0.4, 0.5) is 4.39 Å². The summed E-state index contributed by atoms with van der Waals surface area (Å²) >= 11 is 5.86. The normalized spacial score (nSPS) is 17.7. The smallest absolute Gasteiger partial charge is 0.276 e. The largest absolute Gasteiger partial charge is 0.382 e. The molecule has 5 rings (SSSR count). The van der Waals surface area contributed by atoms with E-state index in [4.69, 9.17) is 11.6 Å². The first-order valence-corrected chi connectivity index (χ1v) is 15.1. The van der Waals surface area contributed by atoms with E-state index in [-0.39, 0.29) is 33.6 Å². The predicted molar refractivity (Wildman–Crippen MR) is 163 cm³/mol. The van der Waals surface area contributed by atoms with Crippen molar-refractivity contribution in [2.75, 3.05) is 6.54 Å². The number of benzene rings is 2. The van der Waals surface area contributed by atoms with E-state index in [0.717, 1.165) is 36.7 Å². The number of hydrogen-bond acceptors (Lipinski definition) is 6. The first-order chi connectivity index (χ1) is 20.3. The highest BCUT2D eigenvalue weighted by atomic mass is 35.5. The Labute approximate surface area is 256 Å². The van der Waals surface area contributed by atoms with Crippen molar-refractivity contribution < 1.29 is 14.3 Å². The van der Waals surface area contributed by atoms with E-state index in [1.807, 2.05) is 17.0 Å². The Hall–Kier alpha value is -3.63. The summed E-state index contributed by atoms with van der Waals surface area (Å²) in [6, 6.07) is 12.2. The molecule has 1 fully saturated rings. The number of piperidine rings is 1. The van der Waals surface area contributed by atoms with Gasteiger partial charge < -0.3 is 10.0 Å². The van der Waals surface area contributed by atoms with Gasteiger partial charge in [-0.05, 0) is 68.4 Å². The van der Waals surface area contributed by atoms with Crippen LogP contribution < -0.4 is 0 Å². The van der Waals surface area contributed by atoms with Gasteiger partial charge in [-0.3, -0.25) is 4.79 Å². The molecule has 0 saturated carbocycles. The Morgan fingerprint density at radius 3 is 2.51 bits per heavy atom. The maximum absolute atomic E-state index is 14.4. The van der Waals surface area contributed by atoms with Crippen LogP contribution in [0, 0.1) is 5.82 Å². The molecule has 9 nitrogen and oxygen atoms in total. The lowest BCUT2D eigenvalue weighted by molar-refractivity contribution is 0.0302. The van der Waals surface area contributed by atoms with Gasteiger partial charge in [-0.1, -0.05) is 74.3 Å². The quantitative estimate of drug-likeness (QED) is 0.267. The first-order valence-electron chi connectivity index (χ1n) is 14.7. The molecule has 2 aromatic heterocycles. The third-order valence-corrected chi connectivity index (χ3v) is 8.56. The number of nitrogens with zero attached hydrogens (tertiary/aromatic N) is 7. The van der Waals surface area contributed by atoms with Crippen molar-refractivity contribution in [3.63, 3.8) is 0 Å². The minimum absolute atomic E-state index is 0.0274. The number of aliphatic hydroxyl groups is 1. The average Bonchev–Trinajstić information content (AvgIpc) is 3.60. The second-order valence-corrected chi connectivity index (χ2v) is 13.4. The molecular formula is C32H39ClFN7O2. The number of carbonyl (C=O) groups excluding carboxylic acids is 1. The van der Waals surface area contributed by atoms with Crippen molar-refractivity contribution in [1.82, 2.24) is 34.9 Å². The molecule has 1 saturated heterocycles. The molecule has 1 amide bonds. The lowest BCUT2D eigenvalue weighted by atomic mass is 9.87. The molecular weight excluding hydrogens is 569 g/mol. The Morgan fingerprint density at radius 2 is 1.86 bits per heavy atom. The fourth-order valence-electron chi connectivity index (χ4n) is 5.62. The molecule has 228 valence electrons. The van der Waals surface area contributed by atoms with Gasteiger partial charge in [-0.15, -0.1) is 10.2 Å². The van der Waals surface area contributed by atoms with Crippen LogP contribution in [0.25, 0.3) is 5.69 Å². The minimum Gasteiger partial charge on any atom is -0.382 e. The van der Waals surface area contributed by atoms with Crippen LogP contribution in [-0.4, -0.2) is 58.0 Å². The Bertz CT molecular complexity index is 1610. The molecule has 1 aliphatic heterocycles. The highest BCUT2D eigenvalue weighted by molar-refractivity contribution is 6.30. The molecule has 2 aromatic carbocycles. The second-order valence-electron chi connectivity index (χ2n) is 13.0. The van der Waals surface area contributed by atoms with Crippen LogP contribution in [0.5, 0.6) is 0 Å². The molecule has 1 N–H and O–H groups in total. The van der Waals surface area contributed by atoms with E-state index in [2.05, 4.69) is 74.3 Å². The van der Waals surface area contributed by atoms with E-state index in [0.29, 0.717) is 18.7 Å². The molecule has 3 heterocycles. The number of halogens is 2. The summed E-state index contributed by atoms with van der Waals surface area (Å²) in [5.41, 5.74) is 3.10. The number of likely N-dealkylation sites (tertiary alicyclic amines) is 1. The maximum atomic E-state index is 14.4. The van der Waals surface area contributed by atoms with E-state index < -0.39 is 17.5 Å². The van der Waals surface area contributed by atoms with Crippen LogP contribution in [0.3, 0.4) is 0 Å². The van der Waals surface area contributed by atoms with Gasteiger partial charge in [0.1, 0.15) is 17.6 Å². The molecule has 0 radical (unpaired) electrons. The molecule has 11 heteroatoms. The third-order valence-electron chi connectivity index (χ3n) is 8.33. The molecule has 2 unspecified atom stereocenters. The standard InChI is InChI=1S/C32H39ClFN7O2/c1-7-8-27-28(36-38-41(27)22-12-9-20(10-13-22)31(2,3)4)30(43)39-18-23(15-16-32(39,5)6)40-19-26(35-37-40)29(42)24-14-11-21(33)17-25(24)34/h9-14,17,19,23,29,42H,7-8,15-16,18H2,1-6H3. The molecule has 0 aliphatic carbocycles. The molecule has 2 atom stereocenters. The second kappa shape index (κ2) is 11.8.